The molecule has 0 bridgehead atoms. The van der Waals surface area contributed by atoms with Crippen molar-refractivity contribution >= 4 is 5.78 Å². The minimum atomic E-state index is 0.271. The maximum absolute atomic E-state index is 12.0. The first kappa shape index (κ1) is 14.2. The maximum atomic E-state index is 12.0. The molecule has 0 saturated carbocycles. The molecule has 1 aliphatic rings. The molecule has 1 aromatic rings. The number of ketones is 1. The Kier molecular flexibility index (Phi) is 5.55. The number of rotatable bonds is 5. The molecule has 19 heavy (non-hydrogen) atoms. The Balaban J connectivity index is 1.70. The molecule has 1 saturated heterocycles. The van der Waals surface area contributed by atoms with E-state index in [9.17, 15) is 4.79 Å². The summed E-state index contributed by atoms with van der Waals surface area (Å²) in [6.07, 6.45) is 2.87. The number of hydrogen-bond donors (Lipinski definition) is 0. The molecule has 1 heterocycles. The highest BCUT2D eigenvalue weighted by atomic mass is 16.1. The van der Waals surface area contributed by atoms with Crippen molar-refractivity contribution in [2.75, 3.05) is 39.8 Å². The van der Waals surface area contributed by atoms with Crippen molar-refractivity contribution < 1.29 is 4.79 Å². The Morgan fingerprint density at radius 3 is 2.68 bits per heavy atom. The Bertz CT molecular complexity index is 391. The zero-order chi connectivity index (χ0) is 13.5. The van der Waals surface area contributed by atoms with Crippen LogP contribution in [0.2, 0.25) is 0 Å². The quantitative estimate of drug-likeness (QED) is 0.759. The Hall–Kier alpha value is -1.19. The van der Waals surface area contributed by atoms with Gasteiger partial charge in [-0.3, -0.25) is 4.79 Å². The fraction of sp³-hybridized carbons (Fsp3) is 0.562. The molecule has 0 radical (unpaired) electrons. The van der Waals surface area contributed by atoms with Crippen LogP contribution in [-0.2, 0) is 0 Å². The van der Waals surface area contributed by atoms with Crippen molar-refractivity contribution in [3.05, 3.63) is 35.9 Å². The van der Waals surface area contributed by atoms with Crippen molar-refractivity contribution in [2.45, 2.75) is 19.3 Å². The van der Waals surface area contributed by atoms with Gasteiger partial charge in [-0.15, -0.1) is 0 Å². The SMILES string of the molecule is CN1CCCN(CCCC(=O)c2ccccc2)CC1. The van der Waals surface area contributed by atoms with Crippen LogP contribution in [0.25, 0.3) is 0 Å². The van der Waals surface area contributed by atoms with Gasteiger partial charge in [-0.1, -0.05) is 30.3 Å². The van der Waals surface area contributed by atoms with Crippen LogP contribution in [0.3, 0.4) is 0 Å². The molecule has 3 heteroatoms. The Labute approximate surface area is 116 Å². The third kappa shape index (κ3) is 4.77. The predicted octanol–water partition coefficient (Wildman–Crippen LogP) is 2.29. The fourth-order valence-electron chi connectivity index (χ4n) is 2.56. The van der Waals surface area contributed by atoms with E-state index in [1.54, 1.807) is 0 Å². The maximum Gasteiger partial charge on any atom is 0.162 e. The van der Waals surface area contributed by atoms with Crippen LogP contribution in [0.4, 0.5) is 0 Å². The highest BCUT2D eigenvalue weighted by Gasteiger charge is 2.12. The van der Waals surface area contributed by atoms with Crippen molar-refractivity contribution in [1.29, 1.82) is 0 Å². The molecule has 0 atom stereocenters. The number of carbonyl (C=O) groups is 1. The standard InChI is InChI=1S/C16H24N2O/c1-17-10-6-12-18(14-13-17)11-5-9-16(19)15-7-3-2-4-8-15/h2-4,7-8H,5-6,9-14H2,1H3. The first-order valence-electron chi connectivity index (χ1n) is 7.25. The molecule has 1 aliphatic heterocycles. The van der Waals surface area contributed by atoms with Gasteiger partial charge < -0.3 is 9.80 Å². The van der Waals surface area contributed by atoms with Gasteiger partial charge in [0.1, 0.15) is 0 Å². The summed E-state index contributed by atoms with van der Waals surface area (Å²) in [6.45, 7) is 5.69. The van der Waals surface area contributed by atoms with E-state index in [1.807, 2.05) is 30.3 Å². The lowest BCUT2D eigenvalue weighted by atomic mass is 10.1. The molecule has 0 unspecified atom stereocenters. The van der Waals surface area contributed by atoms with Crippen LogP contribution >= 0.6 is 0 Å². The summed E-state index contributed by atoms with van der Waals surface area (Å²) in [5.41, 5.74) is 0.845. The predicted molar refractivity (Wildman–Crippen MR) is 78.6 cm³/mol. The summed E-state index contributed by atoms with van der Waals surface area (Å²) < 4.78 is 0. The van der Waals surface area contributed by atoms with Crippen molar-refractivity contribution in [1.82, 2.24) is 9.80 Å². The van der Waals surface area contributed by atoms with E-state index in [4.69, 9.17) is 0 Å². The Morgan fingerprint density at radius 1 is 1.11 bits per heavy atom. The Morgan fingerprint density at radius 2 is 1.89 bits per heavy atom. The molecule has 0 spiro atoms. The second kappa shape index (κ2) is 7.41. The molecule has 0 aliphatic carbocycles. The van der Waals surface area contributed by atoms with E-state index in [2.05, 4.69) is 16.8 Å². The number of benzene rings is 1. The number of carbonyl (C=O) groups excluding carboxylic acids is 1. The van der Waals surface area contributed by atoms with Gasteiger partial charge in [0.05, 0.1) is 0 Å². The van der Waals surface area contributed by atoms with Gasteiger partial charge >= 0.3 is 0 Å². The molecule has 3 nitrogen and oxygen atoms in total. The van der Waals surface area contributed by atoms with Gasteiger partial charge in [0.15, 0.2) is 5.78 Å². The van der Waals surface area contributed by atoms with Crippen LogP contribution in [0.1, 0.15) is 29.6 Å². The third-order valence-corrected chi connectivity index (χ3v) is 3.79. The molecular weight excluding hydrogens is 236 g/mol. The lowest BCUT2D eigenvalue weighted by Gasteiger charge is -2.19. The average Bonchev–Trinajstić information content (AvgIpc) is 2.65. The van der Waals surface area contributed by atoms with E-state index in [0.29, 0.717) is 6.42 Å². The minimum Gasteiger partial charge on any atom is -0.305 e. The average molecular weight is 260 g/mol. The first-order chi connectivity index (χ1) is 9.25. The normalized spacial score (nSPS) is 18.2. The third-order valence-electron chi connectivity index (χ3n) is 3.79. The van der Waals surface area contributed by atoms with E-state index in [-0.39, 0.29) is 5.78 Å². The minimum absolute atomic E-state index is 0.271. The first-order valence-corrected chi connectivity index (χ1v) is 7.25. The van der Waals surface area contributed by atoms with Gasteiger partial charge in [-0.2, -0.15) is 0 Å². The number of nitrogens with zero attached hydrogens (tertiary/aromatic N) is 2. The van der Waals surface area contributed by atoms with Gasteiger partial charge in [-0.05, 0) is 39.5 Å². The van der Waals surface area contributed by atoms with Crippen LogP contribution < -0.4 is 0 Å². The molecule has 2 rings (SSSR count). The highest BCUT2D eigenvalue weighted by molar-refractivity contribution is 5.95. The summed E-state index contributed by atoms with van der Waals surface area (Å²) >= 11 is 0. The van der Waals surface area contributed by atoms with Gasteiger partial charge in [0, 0.05) is 25.1 Å². The number of hydrogen-bond acceptors (Lipinski definition) is 3. The lowest BCUT2D eigenvalue weighted by molar-refractivity contribution is 0.0975. The van der Waals surface area contributed by atoms with Gasteiger partial charge in [0.25, 0.3) is 0 Å². The van der Waals surface area contributed by atoms with Crippen LogP contribution in [-0.4, -0.2) is 55.4 Å². The summed E-state index contributed by atoms with van der Waals surface area (Å²) in [5, 5.41) is 0. The van der Waals surface area contributed by atoms with E-state index in [0.717, 1.165) is 31.6 Å². The molecule has 1 fully saturated rings. The molecule has 0 aromatic heterocycles. The van der Waals surface area contributed by atoms with Crippen molar-refractivity contribution in [3.8, 4) is 0 Å². The van der Waals surface area contributed by atoms with E-state index >= 15 is 0 Å². The van der Waals surface area contributed by atoms with Crippen LogP contribution in [0.5, 0.6) is 0 Å². The zero-order valence-corrected chi connectivity index (χ0v) is 11.8. The van der Waals surface area contributed by atoms with Crippen molar-refractivity contribution in [3.63, 3.8) is 0 Å². The molecule has 1 aromatic carbocycles. The highest BCUT2D eigenvalue weighted by Crippen LogP contribution is 2.07. The monoisotopic (exact) mass is 260 g/mol. The summed E-state index contributed by atoms with van der Waals surface area (Å²) in [6, 6.07) is 9.62. The van der Waals surface area contributed by atoms with Gasteiger partial charge in [-0.25, -0.2) is 0 Å². The lowest BCUT2D eigenvalue weighted by Crippen LogP contribution is -2.30. The summed E-state index contributed by atoms with van der Waals surface area (Å²) in [7, 11) is 2.18. The molecule has 0 amide bonds. The van der Waals surface area contributed by atoms with Crippen LogP contribution in [0, 0.1) is 0 Å². The van der Waals surface area contributed by atoms with E-state index < -0.39 is 0 Å². The van der Waals surface area contributed by atoms with Gasteiger partial charge in [0.2, 0.25) is 0 Å². The molecule has 104 valence electrons. The van der Waals surface area contributed by atoms with Crippen molar-refractivity contribution in [2.24, 2.45) is 0 Å². The molecule has 0 N–H and O–H groups in total. The second-order valence-corrected chi connectivity index (χ2v) is 5.39. The number of Topliss-reactive ketones (excluding diaryl/α,β-unsaturated/α-hetero) is 1. The molecular formula is C16H24N2O. The second-order valence-electron chi connectivity index (χ2n) is 5.39. The fourth-order valence-corrected chi connectivity index (χ4v) is 2.56. The summed E-state index contributed by atoms with van der Waals surface area (Å²) in [4.78, 5) is 16.9. The van der Waals surface area contributed by atoms with E-state index in [1.165, 1.54) is 19.5 Å². The largest absolute Gasteiger partial charge is 0.305 e. The van der Waals surface area contributed by atoms with Crippen LogP contribution in [0.15, 0.2) is 30.3 Å². The zero-order valence-electron chi connectivity index (χ0n) is 11.8. The number of likely N-dealkylation sites (N-methyl/N-ethyl adjacent to an activating group) is 1. The topological polar surface area (TPSA) is 23.6 Å². The summed E-state index contributed by atoms with van der Waals surface area (Å²) in [5.74, 6) is 0.271. The smallest absolute Gasteiger partial charge is 0.162 e.